The van der Waals surface area contributed by atoms with Crippen LogP contribution in [0, 0.1) is 6.92 Å². The molecular weight excluding hydrogens is 260 g/mol. The van der Waals surface area contributed by atoms with Crippen molar-refractivity contribution in [1.82, 2.24) is 15.3 Å². The van der Waals surface area contributed by atoms with Gasteiger partial charge in [0.2, 0.25) is 0 Å². The van der Waals surface area contributed by atoms with Gasteiger partial charge in [-0.05, 0) is 26.0 Å². The number of nitrogens with one attached hydrogen (secondary N) is 2. The third-order valence-electron chi connectivity index (χ3n) is 2.48. The second kappa shape index (κ2) is 6.29. The highest BCUT2D eigenvalue weighted by Gasteiger charge is 2.08. The van der Waals surface area contributed by atoms with E-state index >= 15 is 0 Å². The van der Waals surface area contributed by atoms with E-state index in [1.807, 2.05) is 13.8 Å². The first-order valence-electron chi connectivity index (χ1n) is 6.07. The summed E-state index contributed by atoms with van der Waals surface area (Å²) in [5.74, 6) is 0.628. The summed E-state index contributed by atoms with van der Waals surface area (Å²) in [6.45, 7) is 5.15. The Hall–Kier alpha value is -1.95. The van der Waals surface area contributed by atoms with Gasteiger partial charge in [-0.3, -0.25) is 9.78 Å². The first kappa shape index (κ1) is 13.5. The smallest absolute Gasteiger partial charge is 0.251 e. The van der Waals surface area contributed by atoms with Crippen LogP contribution in [0.2, 0.25) is 0 Å². The molecule has 2 heterocycles. The Balaban J connectivity index is 2.05. The normalized spacial score (nSPS) is 10.2. The molecule has 0 aromatic carbocycles. The van der Waals surface area contributed by atoms with E-state index in [-0.39, 0.29) is 5.91 Å². The molecule has 2 aromatic heterocycles. The number of hydrogen-bond donors (Lipinski definition) is 2. The number of carbonyl (C=O) groups is 1. The Morgan fingerprint density at radius 1 is 1.42 bits per heavy atom. The van der Waals surface area contributed by atoms with Crippen LogP contribution in [-0.4, -0.2) is 22.4 Å². The van der Waals surface area contributed by atoms with Crippen LogP contribution in [0.1, 0.15) is 27.9 Å². The van der Waals surface area contributed by atoms with Crippen molar-refractivity contribution in [3.8, 4) is 0 Å². The fourth-order valence-corrected chi connectivity index (χ4v) is 2.20. The van der Waals surface area contributed by atoms with Gasteiger partial charge in [0.25, 0.3) is 5.91 Å². The van der Waals surface area contributed by atoms with E-state index in [0.29, 0.717) is 12.1 Å². The van der Waals surface area contributed by atoms with Crippen molar-refractivity contribution in [2.45, 2.75) is 20.4 Å². The van der Waals surface area contributed by atoms with E-state index in [1.54, 1.807) is 23.8 Å². The molecule has 0 aliphatic carbocycles. The summed E-state index contributed by atoms with van der Waals surface area (Å²) in [4.78, 5) is 21.4. The minimum Gasteiger partial charge on any atom is -0.370 e. The summed E-state index contributed by atoms with van der Waals surface area (Å²) in [5, 5.41) is 5.99. The van der Waals surface area contributed by atoms with Gasteiger partial charge < -0.3 is 10.6 Å². The van der Waals surface area contributed by atoms with Crippen LogP contribution in [0.4, 0.5) is 5.82 Å². The average Bonchev–Trinajstić information content (AvgIpc) is 2.88. The van der Waals surface area contributed by atoms with Crippen LogP contribution < -0.4 is 10.6 Å². The molecule has 100 valence electrons. The Morgan fingerprint density at radius 2 is 2.26 bits per heavy atom. The number of rotatable bonds is 5. The number of aromatic nitrogens is 2. The van der Waals surface area contributed by atoms with Crippen molar-refractivity contribution in [2.75, 3.05) is 11.9 Å². The van der Waals surface area contributed by atoms with E-state index < -0.39 is 0 Å². The molecule has 19 heavy (non-hydrogen) atoms. The zero-order valence-corrected chi connectivity index (χ0v) is 11.8. The van der Waals surface area contributed by atoms with E-state index in [4.69, 9.17) is 0 Å². The summed E-state index contributed by atoms with van der Waals surface area (Å²) in [7, 11) is 0. The molecule has 2 N–H and O–H groups in total. The highest BCUT2D eigenvalue weighted by atomic mass is 32.1. The molecule has 2 aromatic rings. The van der Waals surface area contributed by atoms with Crippen molar-refractivity contribution >= 4 is 23.1 Å². The van der Waals surface area contributed by atoms with Crippen molar-refractivity contribution in [3.05, 3.63) is 40.0 Å². The molecule has 0 aliphatic heterocycles. The Bertz CT molecular complexity index is 554. The van der Waals surface area contributed by atoms with Crippen molar-refractivity contribution in [3.63, 3.8) is 0 Å². The molecule has 0 atom stereocenters. The summed E-state index contributed by atoms with van der Waals surface area (Å²) in [6.07, 6.45) is 1.76. The monoisotopic (exact) mass is 276 g/mol. The lowest BCUT2D eigenvalue weighted by molar-refractivity contribution is 0.0951. The maximum atomic E-state index is 12.1. The Morgan fingerprint density at radius 3 is 2.95 bits per heavy atom. The number of thiazole rings is 1. The molecule has 6 heteroatoms. The lowest BCUT2D eigenvalue weighted by Crippen LogP contribution is -2.22. The summed E-state index contributed by atoms with van der Waals surface area (Å²) in [6, 6.07) is 3.54. The van der Waals surface area contributed by atoms with Gasteiger partial charge in [0.15, 0.2) is 0 Å². The quantitative estimate of drug-likeness (QED) is 0.878. The average molecular weight is 276 g/mol. The van der Waals surface area contributed by atoms with Gasteiger partial charge in [0.05, 0.1) is 12.1 Å². The molecular formula is C13H16N4OS. The van der Waals surface area contributed by atoms with E-state index in [0.717, 1.165) is 22.9 Å². The van der Waals surface area contributed by atoms with E-state index in [1.165, 1.54) is 11.3 Å². The molecule has 5 nitrogen and oxygen atoms in total. The predicted molar refractivity (Wildman–Crippen MR) is 76.4 cm³/mol. The van der Waals surface area contributed by atoms with Gasteiger partial charge in [0, 0.05) is 28.9 Å². The van der Waals surface area contributed by atoms with Crippen LogP contribution in [-0.2, 0) is 6.54 Å². The molecule has 0 saturated heterocycles. The maximum Gasteiger partial charge on any atom is 0.251 e. The number of pyridine rings is 1. The fourth-order valence-electron chi connectivity index (χ4n) is 1.67. The largest absolute Gasteiger partial charge is 0.370 e. The molecule has 0 aliphatic rings. The molecule has 0 radical (unpaired) electrons. The standard InChI is InChI=1S/C13H16N4OS/c1-3-15-12-5-10(4-9(2)17-12)13(18)16-7-11-6-14-8-19-11/h4-6,8H,3,7H2,1-2H3,(H,15,17)(H,16,18). The highest BCUT2D eigenvalue weighted by Crippen LogP contribution is 2.11. The van der Waals surface area contributed by atoms with Gasteiger partial charge in [-0.15, -0.1) is 11.3 Å². The second-order valence-electron chi connectivity index (χ2n) is 4.06. The summed E-state index contributed by atoms with van der Waals surface area (Å²) in [5.41, 5.74) is 3.19. The Labute approximate surface area is 116 Å². The first-order valence-corrected chi connectivity index (χ1v) is 6.95. The topological polar surface area (TPSA) is 66.9 Å². The molecule has 0 unspecified atom stereocenters. The summed E-state index contributed by atoms with van der Waals surface area (Å²) < 4.78 is 0. The molecule has 0 saturated carbocycles. The zero-order chi connectivity index (χ0) is 13.7. The van der Waals surface area contributed by atoms with Gasteiger partial charge >= 0.3 is 0 Å². The van der Waals surface area contributed by atoms with Crippen LogP contribution in [0.5, 0.6) is 0 Å². The third-order valence-corrected chi connectivity index (χ3v) is 3.26. The minimum absolute atomic E-state index is 0.0990. The lowest BCUT2D eigenvalue weighted by atomic mass is 10.2. The van der Waals surface area contributed by atoms with Crippen molar-refractivity contribution in [1.29, 1.82) is 0 Å². The zero-order valence-electron chi connectivity index (χ0n) is 10.9. The second-order valence-corrected chi connectivity index (χ2v) is 5.03. The Kier molecular flexibility index (Phi) is 4.46. The molecule has 0 fully saturated rings. The third kappa shape index (κ3) is 3.75. The highest BCUT2D eigenvalue weighted by molar-refractivity contribution is 7.09. The number of amides is 1. The van der Waals surface area contributed by atoms with Crippen molar-refractivity contribution in [2.24, 2.45) is 0 Å². The van der Waals surface area contributed by atoms with Gasteiger partial charge in [0.1, 0.15) is 5.82 Å². The fraction of sp³-hybridized carbons (Fsp3) is 0.308. The lowest BCUT2D eigenvalue weighted by Gasteiger charge is -2.08. The van der Waals surface area contributed by atoms with Crippen LogP contribution in [0.3, 0.4) is 0 Å². The van der Waals surface area contributed by atoms with Gasteiger partial charge in [-0.2, -0.15) is 0 Å². The van der Waals surface area contributed by atoms with Crippen LogP contribution >= 0.6 is 11.3 Å². The number of aryl methyl sites for hydroxylation is 1. The first-order chi connectivity index (χ1) is 9.19. The van der Waals surface area contributed by atoms with E-state index in [9.17, 15) is 4.79 Å². The number of nitrogens with zero attached hydrogens (tertiary/aromatic N) is 2. The summed E-state index contributed by atoms with van der Waals surface area (Å²) >= 11 is 1.52. The SMILES string of the molecule is CCNc1cc(C(=O)NCc2cncs2)cc(C)n1. The number of carbonyl (C=O) groups excluding carboxylic acids is 1. The predicted octanol–water partition coefficient (Wildman–Crippen LogP) is 2.21. The van der Waals surface area contributed by atoms with Crippen LogP contribution in [0.15, 0.2) is 23.8 Å². The van der Waals surface area contributed by atoms with E-state index in [2.05, 4.69) is 20.6 Å². The maximum absolute atomic E-state index is 12.1. The van der Waals surface area contributed by atoms with Crippen molar-refractivity contribution < 1.29 is 4.79 Å². The molecule has 2 rings (SSSR count). The number of anilines is 1. The van der Waals surface area contributed by atoms with Gasteiger partial charge in [-0.25, -0.2) is 4.98 Å². The molecule has 0 spiro atoms. The van der Waals surface area contributed by atoms with Crippen LogP contribution in [0.25, 0.3) is 0 Å². The molecule has 0 bridgehead atoms. The molecule has 1 amide bonds. The minimum atomic E-state index is -0.0990. The van der Waals surface area contributed by atoms with Gasteiger partial charge in [-0.1, -0.05) is 0 Å². The number of hydrogen-bond acceptors (Lipinski definition) is 5.